The summed E-state index contributed by atoms with van der Waals surface area (Å²) in [6, 6.07) is 9.03. The molecule has 122 valence electrons. The number of ketones is 2. The molecule has 1 aromatic carbocycles. The maximum atomic E-state index is 12.6. The van der Waals surface area contributed by atoms with Crippen LogP contribution in [0.15, 0.2) is 63.4 Å². The average Bonchev–Trinajstić information content (AvgIpc) is 3.26. The Morgan fingerprint density at radius 2 is 1.88 bits per heavy atom. The summed E-state index contributed by atoms with van der Waals surface area (Å²) in [4.78, 5) is 27.6. The smallest absolute Gasteiger partial charge is 0.265 e. The lowest BCUT2D eigenvalue weighted by molar-refractivity contribution is -0.114. The summed E-state index contributed by atoms with van der Waals surface area (Å²) in [5, 5.41) is 5.44. The molecular formula is C15H11N3O5S. The summed E-state index contributed by atoms with van der Waals surface area (Å²) in [6.07, 6.45) is 1.85. The summed E-state index contributed by atoms with van der Waals surface area (Å²) in [7, 11) is -3.92. The van der Waals surface area contributed by atoms with Crippen molar-refractivity contribution >= 4 is 21.4 Å². The normalized spacial score (nSPS) is 11.3. The summed E-state index contributed by atoms with van der Waals surface area (Å²) < 4.78 is 30.2. The van der Waals surface area contributed by atoms with E-state index in [2.05, 4.69) is 15.2 Å². The van der Waals surface area contributed by atoms with Gasteiger partial charge in [0.1, 0.15) is 6.33 Å². The zero-order valence-corrected chi connectivity index (χ0v) is 13.0. The SMILES string of the molecule is O=C(Cc1ccoc1S(=O)(=O)c1ccccc1)C(=O)c1ncn[nH]1. The van der Waals surface area contributed by atoms with Crippen molar-refractivity contribution < 1.29 is 22.4 Å². The van der Waals surface area contributed by atoms with Crippen molar-refractivity contribution in [2.45, 2.75) is 16.4 Å². The minimum atomic E-state index is -3.92. The Morgan fingerprint density at radius 1 is 1.12 bits per heavy atom. The van der Waals surface area contributed by atoms with E-state index >= 15 is 0 Å². The highest BCUT2D eigenvalue weighted by molar-refractivity contribution is 7.91. The Kier molecular flexibility index (Phi) is 4.09. The van der Waals surface area contributed by atoms with Crippen LogP contribution in [0, 0.1) is 0 Å². The first-order valence-corrected chi connectivity index (χ1v) is 8.28. The van der Waals surface area contributed by atoms with Crippen LogP contribution < -0.4 is 0 Å². The number of hydrogen-bond donors (Lipinski definition) is 1. The van der Waals surface area contributed by atoms with Crippen LogP contribution >= 0.6 is 0 Å². The number of nitrogens with one attached hydrogen (secondary N) is 1. The number of rotatable bonds is 6. The predicted molar refractivity (Wildman–Crippen MR) is 80.0 cm³/mol. The Balaban J connectivity index is 1.89. The molecule has 0 fully saturated rings. The molecular weight excluding hydrogens is 334 g/mol. The molecule has 0 saturated heterocycles. The number of hydrogen-bond acceptors (Lipinski definition) is 7. The third-order valence-corrected chi connectivity index (χ3v) is 4.98. The molecule has 0 unspecified atom stereocenters. The number of aromatic amines is 1. The van der Waals surface area contributed by atoms with Crippen LogP contribution in [0.5, 0.6) is 0 Å². The van der Waals surface area contributed by atoms with Crippen LogP contribution in [0.3, 0.4) is 0 Å². The lowest BCUT2D eigenvalue weighted by Gasteiger charge is -2.04. The Morgan fingerprint density at radius 3 is 2.54 bits per heavy atom. The number of carbonyl (C=O) groups excluding carboxylic acids is 2. The zero-order chi connectivity index (χ0) is 17.2. The molecule has 1 N–H and O–H groups in total. The predicted octanol–water partition coefficient (Wildman–Crippen LogP) is 1.22. The van der Waals surface area contributed by atoms with Crippen LogP contribution in [0.4, 0.5) is 0 Å². The van der Waals surface area contributed by atoms with Crippen molar-refractivity contribution in [3.05, 3.63) is 60.4 Å². The molecule has 0 spiro atoms. The van der Waals surface area contributed by atoms with Gasteiger partial charge in [-0.25, -0.2) is 13.4 Å². The Bertz CT molecular complexity index is 975. The van der Waals surface area contributed by atoms with E-state index in [9.17, 15) is 18.0 Å². The number of H-pyrrole nitrogens is 1. The van der Waals surface area contributed by atoms with Gasteiger partial charge in [-0.1, -0.05) is 18.2 Å². The Hall–Kier alpha value is -3.07. The van der Waals surface area contributed by atoms with Crippen LogP contribution in [0.1, 0.15) is 16.2 Å². The minimum Gasteiger partial charge on any atom is -0.452 e. The van der Waals surface area contributed by atoms with Crippen LogP contribution in [-0.4, -0.2) is 35.2 Å². The van der Waals surface area contributed by atoms with Gasteiger partial charge in [-0.3, -0.25) is 14.7 Å². The third-order valence-electron chi connectivity index (χ3n) is 3.24. The second-order valence-corrected chi connectivity index (χ2v) is 6.66. The number of nitrogens with zero attached hydrogens (tertiary/aromatic N) is 2. The summed E-state index contributed by atoms with van der Waals surface area (Å²) in [6.45, 7) is 0. The first-order chi connectivity index (χ1) is 11.5. The molecule has 0 saturated carbocycles. The van der Waals surface area contributed by atoms with Gasteiger partial charge in [-0.15, -0.1) is 0 Å². The van der Waals surface area contributed by atoms with Crippen molar-refractivity contribution in [1.82, 2.24) is 15.2 Å². The maximum Gasteiger partial charge on any atom is 0.265 e. The summed E-state index contributed by atoms with van der Waals surface area (Å²) in [5.74, 6) is -1.90. The van der Waals surface area contributed by atoms with Gasteiger partial charge in [-0.05, 0) is 18.2 Å². The van der Waals surface area contributed by atoms with E-state index in [1.807, 2.05) is 0 Å². The first kappa shape index (κ1) is 15.8. The second kappa shape index (κ2) is 6.20. The molecule has 0 bridgehead atoms. The van der Waals surface area contributed by atoms with E-state index in [-0.39, 0.29) is 21.4 Å². The van der Waals surface area contributed by atoms with Gasteiger partial charge < -0.3 is 4.42 Å². The monoisotopic (exact) mass is 345 g/mol. The number of benzene rings is 1. The van der Waals surface area contributed by atoms with Gasteiger partial charge in [0, 0.05) is 12.0 Å². The van der Waals surface area contributed by atoms with E-state index in [0.717, 1.165) is 12.6 Å². The maximum absolute atomic E-state index is 12.6. The molecule has 3 rings (SSSR count). The van der Waals surface area contributed by atoms with Gasteiger partial charge in [0.05, 0.1) is 11.2 Å². The molecule has 0 aliphatic rings. The molecule has 0 radical (unpaired) electrons. The fraction of sp³-hybridized carbons (Fsp3) is 0.0667. The van der Waals surface area contributed by atoms with Gasteiger partial charge >= 0.3 is 0 Å². The van der Waals surface area contributed by atoms with Gasteiger partial charge in [-0.2, -0.15) is 5.10 Å². The molecule has 24 heavy (non-hydrogen) atoms. The molecule has 3 aromatic rings. The van der Waals surface area contributed by atoms with E-state index < -0.39 is 27.8 Å². The number of furan rings is 1. The summed E-state index contributed by atoms with van der Waals surface area (Å²) >= 11 is 0. The fourth-order valence-corrected chi connectivity index (χ4v) is 3.49. The molecule has 0 aliphatic heterocycles. The van der Waals surface area contributed by atoms with Crippen molar-refractivity contribution in [1.29, 1.82) is 0 Å². The third kappa shape index (κ3) is 2.88. The number of sulfone groups is 1. The van der Waals surface area contributed by atoms with E-state index in [1.165, 1.54) is 18.2 Å². The van der Waals surface area contributed by atoms with Crippen LogP contribution in [0.25, 0.3) is 0 Å². The van der Waals surface area contributed by atoms with Crippen molar-refractivity contribution in [3.63, 3.8) is 0 Å². The molecule has 8 nitrogen and oxygen atoms in total. The standard InChI is InChI=1S/C15H11N3O5S/c19-12(13(20)14-16-9-17-18-14)8-10-6-7-23-15(10)24(21,22)11-4-2-1-3-5-11/h1-7,9H,8H2,(H,16,17,18). The van der Waals surface area contributed by atoms with E-state index in [4.69, 9.17) is 4.42 Å². The molecule has 9 heteroatoms. The lowest BCUT2D eigenvalue weighted by atomic mass is 10.1. The second-order valence-electron chi connectivity index (χ2n) is 4.81. The van der Waals surface area contributed by atoms with E-state index in [0.29, 0.717) is 0 Å². The fourth-order valence-electron chi connectivity index (χ4n) is 2.10. The number of Topliss-reactive ketones (excluding diaryl/α,β-unsaturated/α-hetero) is 2. The van der Waals surface area contributed by atoms with Crippen molar-refractivity contribution in [2.75, 3.05) is 0 Å². The number of aromatic nitrogens is 3. The highest BCUT2D eigenvalue weighted by atomic mass is 32.2. The largest absolute Gasteiger partial charge is 0.452 e. The first-order valence-electron chi connectivity index (χ1n) is 6.79. The highest BCUT2D eigenvalue weighted by Gasteiger charge is 2.28. The van der Waals surface area contributed by atoms with Crippen molar-refractivity contribution in [3.8, 4) is 0 Å². The number of carbonyl (C=O) groups is 2. The lowest BCUT2D eigenvalue weighted by Crippen LogP contribution is -2.19. The van der Waals surface area contributed by atoms with Gasteiger partial charge in [0.2, 0.25) is 20.7 Å². The zero-order valence-electron chi connectivity index (χ0n) is 12.2. The Labute approximate surface area is 136 Å². The quantitative estimate of drug-likeness (QED) is 0.526. The minimum absolute atomic E-state index is 0.0372. The molecule has 0 atom stereocenters. The van der Waals surface area contributed by atoms with Crippen molar-refractivity contribution in [2.24, 2.45) is 0 Å². The van der Waals surface area contributed by atoms with Gasteiger partial charge in [0.25, 0.3) is 5.78 Å². The topological polar surface area (TPSA) is 123 Å². The molecule has 0 amide bonds. The molecule has 2 heterocycles. The highest BCUT2D eigenvalue weighted by Crippen LogP contribution is 2.25. The molecule has 0 aliphatic carbocycles. The van der Waals surface area contributed by atoms with Crippen LogP contribution in [0.2, 0.25) is 0 Å². The summed E-state index contributed by atoms with van der Waals surface area (Å²) in [5.41, 5.74) is 0.108. The molecule has 2 aromatic heterocycles. The van der Waals surface area contributed by atoms with Crippen LogP contribution in [-0.2, 0) is 21.1 Å². The van der Waals surface area contributed by atoms with E-state index in [1.54, 1.807) is 18.2 Å². The van der Waals surface area contributed by atoms with Gasteiger partial charge in [0.15, 0.2) is 5.82 Å². The average molecular weight is 345 g/mol.